The Bertz CT molecular complexity index is 532. The van der Waals surface area contributed by atoms with Crippen molar-refractivity contribution in [2.45, 2.75) is 24.9 Å². The Labute approximate surface area is 106 Å². The molecule has 3 rings (SSSR count). The maximum atomic E-state index is 11.7. The van der Waals surface area contributed by atoms with Gasteiger partial charge >= 0.3 is 0 Å². The van der Waals surface area contributed by atoms with Crippen LogP contribution < -0.4 is 4.74 Å². The lowest BCUT2D eigenvalue weighted by atomic mass is 9.85. The van der Waals surface area contributed by atoms with Crippen molar-refractivity contribution in [2.24, 2.45) is 5.92 Å². The van der Waals surface area contributed by atoms with Crippen molar-refractivity contribution in [3.05, 3.63) is 35.9 Å². The lowest BCUT2D eigenvalue weighted by Gasteiger charge is -2.26. The SMILES string of the molecule is COc1cccc(C2=CC[C@@H]3C(=O)CC[C@@]23O)c1. The van der Waals surface area contributed by atoms with Crippen LogP contribution in [-0.4, -0.2) is 23.6 Å². The van der Waals surface area contributed by atoms with Crippen LogP contribution in [0.3, 0.4) is 0 Å². The molecule has 0 unspecified atom stereocenters. The second kappa shape index (κ2) is 3.95. The van der Waals surface area contributed by atoms with E-state index in [9.17, 15) is 9.90 Å². The van der Waals surface area contributed by atoms with E-state index in [4.69, 9.17) is 4.74 Å². The van der Waals surface area contributed by atoms with Crippen molar-refractivity contribution < 1.29 is 14.6 Å². The molecular formula is C15H16O3. The average molecular weight is 244 g/mol. The van der Waals surface area contributed by atoms with Crippen LogP contribution in [0.1, 0.15) is 24.8 Å². The second-order valence-electron chi connectivity index (χ2n) is 5.03. The van der Waals surface area contributed by atoms with E-state index >= 15 is 0 Å². The van der Waals surface area contributed by atoms with Crippen molar-refractivity contribution in [3.63, 3.8) is 0 Å². The fourth-order valence-corrected chi connectivity index (χ4v) is 3.15. The minimum absolute atomic E-state index is 0.187. The molecule has 1 fully saturated rings. The monoisotopic (exact) mass is 244 g/mol. The van der Waals surface area contributed by atoms with Gasteiger partial charge in [-0.25, -0.2) is 0 Å². The van der Waals surface area contributed by atoms with E-state index in [-0.39, 0.29) is 11.7 Å². The zero-order chi connectivity index (χ0) is 12.8. The van der Waals surface area contributed by atoms with Crippen LogP contribution in [0.2, 0.25) is 0 Å². The van der Waals surface area contributed by atoms with Gasteiger partial charge in [-0.15, -0.1) is 0 Å². The molecule has 0 amide bonds. The first kappa shape index (κ1) is 11.5. The zero-order valence-electron chi connectivity index (χ0n) is 10.3. The third kappa shape index (κ3) is 1.51. The fraction of sp³-hybridized carbons (Fsp3) is 0.400. The number of Topliss-reactive ketones (excluding diaryl/α,β-unsaturated/α-hetero) is 1. The Hall–Kier alpha value is -1.61. The first-order valence-electron chi connectivity index (χ1n) is 6.25. The molecule has 0 saturated heterocycles. The van der Waals surface area contributed by atoms with Crippen molar-refractivity contribution in [1.29, 1.82) is 0 Å². The quantitative estimate of drug-likeness (QED) is 0.867. The van der Waals surface area contributed by atoms with Crippen molar-refractivity contribution >= 4 is 11.4 Å². The lowest BCUT2D eigenvalue weighted by Crippen LogP contribution is -2.32. The topological polar surface area (TPSA) is 46.5 Å². The van der Waals surface area contributed by atoms with Crippen LogP contribution in [-0.2, 0) is 4.79 Å². The van der Waals surface area contributed by atoms with Crippen LogP contribution in [0.25, 0.3) is 5.57 Å². The highest BCUT2D eigenvalue weighted by molar-refractivity contribution is 5.93. The number of benzene rings is 1. The molecule has 0 spiro atoms. The Morgan fingerprint density at radius 3 is 3.06 bits per heavy atom. The number of ether oxygens (including phenoxy) is 1. The number of methoxy groups -OCH3 is 1. The summed E-state index contributed by atoms with van der Waals surface area (Å²) in [5.41, 5.74) is 0.884. The number of carbonyl (C=O) groups is 1. The summed E-state index contributed by atoms with van der Waals surface area (Å²) in [6.45, 7) is 0. The lowest BCUT2D eigenvalue weighted by molar-refractivity contribution is -0.122. The van der Waals surface area contributed by atoms with E-state index in [1.165, 1.54) is 0 Å². The summed E-state index contributed by atoms with van der Waals surface area (Å²) in [6.07, 6.45) is 3.68. The minimum Gasteiger partial charge on any atom is -0.497 e. The molecule has 94 valence electrons. The first-order valence-corrected chi connectivity index (χ1v) is 6.25. The summed E-state index contributed by atoms with van der Waals surface area (Å²) in [7, 11) is 1.62. The van der Waals surface area contributed by atoms with Crippen LogP contribution in [0.4, 0.5) is 0 Å². The smallest absolute Gasteiger partial charge is 0.139 e. The molecule has 0 aromatic heterocycles. The maximum absolute atomic E-state index is 11.7. The average Bonchev–Trinajstić information content (AvgIpc) is 2.87. The molecule has 3 nitrogen and oxygen atoms in total. The highest BCUT2D eigenvalue weighted by Gasteiger charge is 2.51. The molecule has 2 aliphatic carbocycles. The molecule has 0 heterocycles. The predicted octanol–water partition coefficient (Wildman–Crippen LogP) is 2.19. The molecule has 1 saturated carbocycles. The molecule has 1 N–H and O–H groups in total. The molecule has 0 radical (unpaired) electrons. The molecule has 3 heteroatoms. The van der Waals surface area contributed by atoms with Gasteiger partial charge < -0.3 is 9.84 Å². The Kier molecular flexibility index (Phi) is 2.52. The van der Waals surface area contributed by atoms with Gasteiger partial charge in [-0.1, -0.05) is 18.2 Å². The number of allylic oxidation sites excluding steroid dienone is 1. The van der Waals surface area contributed by atoms with Gasteiger partial charge in [0.25, 0.3) is 0 Å². The predicted molar refractivity (Wildman–Crippen MR) is 68.3 cm³/mol. The second-order valence-corrected chi connectivity index (χ2v) is 5.03. The maximum Gasteiger partial charge on any atom is 0.139 e. The summed E-state index contributed by atoms with van der Waals surface area (Å²) in [4.78, 5) is 11.7. The van der Waals surface area contributed by atoms with Crippen LogP contribution >= 0.6 is 0 Å². The molecular weight excluding hydrogens is 228 g/mol. The van der Waals surface area contributed by atoms with E-state index in [1.807, 2.05) is 30.3 Å². The number of hydrogen-bond acceptors (Lipinski definition) is 3. The number of hydrogen-bond donors (Lipinski definition) is 1. The number of fused-ring (bicyclic) bond motifs is 1. The summed E-state index contributed by atoms with van der Waals surface area (Å²) >= 11 is 0. The normalized spacial score (nSPS) is 30.2. The molecule has 18 heavy (non-hydrogen) atoms. The van der Waals surface area contributed by atoms with Gasteiger partial charge in [-0.2, -0.15) is 0 Å². The van der Waals surface area contributed by atoms with Gasteiger partial charge in [0.05, 0.1) is 13.0 Å². The molecule has 2 atom stereocenters. The van der Waals surface area contributed by atoms with Gasteiger partial charge in [-0.3, -0.25) is 4.79 Å². The number of ketones is 1. The minimum atomic E-state index is -0.955. The highest BCUT2D eigenvalue weighted by Crippen LogP contribution is 2.49. The zero-order valence-corrected chi connectivity index (χ0v) is 10.3. The van der Waals surface area contributed by atoms with Gasteiger partial charge in [0, 0.05) is 6.42 Å². The molecule has 0 aliphatic heterocycles. The molecule has 1 aromatic carbocycles. The van der Waals surface area contributed by atoms with Crippen LogP contribution in [0.5, 0.6) is 5.75 Å². The molecule has 1 aromatic rings. The van der Waals surface area contributed by atoms with E-state index in [1.54, 1.807) is 7.11 Å². The summed E-state index contributed by atoms with van der Waals surface area (Å²) < 4.78 is 5.20. The number of rotatable bonds is 2. The van der Waals surface area contributed by atoms with Crippen molar-refractivity contribution in [2.75, 3.05) is 7.11 Å². The standard InChI is InChI=1S/C15H16O3/c1-18-11-4-2-3-10(9-11)12-5-6-13-14(16)7-8-15(12,13)17/h2-5,9,13,17H,6-8H2,1H3/t13-,15-/m1/s1. The van der Waals surface area contributed by atoms with Crippen LogP contribution in [0, 0.1) is 5.92 Å². The molecule has 0 bridgehead atoms. The Balaban J connectivity index is 2.00. The summed E-state index contributed by atoms with van der Waals surface area (Å²) in [6, 6.07) is 7.65. The fourth-order valence-electron chi connectivity index (χ4n) is 3.15. The van der Waals surface area contributed by atoms with Crippen LogP contribution in [0.15, 0.2) is 30.3 Å². The first-order chi connectivity index (χ1) is 8.65. The van der Waals surface area contributed by atoms with E-state index in [0.29, 0.717) is 19.3 Å². The number of aliphatic hydroxyl groups is 1. The third-order valence-electron chi connectivity index (χ3n) is 4.12. The van der Waals surface area contributed by atoms with Gasteiger partial charge in [-0.05, 0) is 36.1 Å². The largest absolute Gasteiger partial charge is 0.497 e. The van der Waals surface area contributed by atoms with Crippen molar-refractivity contribution in [3.8, 4) is 5.75 Å². The molecule has 2 aliphatic rings. The third-order valence-corrected chi connectivity index (χ3v) is 4.12. The van der Waals surface area contributed by atoms with E-state index < -0.39 is 5.60 Å². The van der Waals surface area contributed by atoms with E-state index in [0.717, 1.165) is 16.9 Å². The highest BCUT2D eigenvalue weighted by atomic mass is 16.5. The van der Waals surface area contributed by atoms with Crippen molar-refractivity contribution in [1.82, 2.24) is 0 Å². The number of carbonyl (C=O) groups excluding carboxylic acids is 1. The van der Waals surface area contributed by atoms with E-state index in [2.05, 4.69) is 0 Å². The van der Waals surface area contributed by atoms with Gasteiger partial charge in [0.1, 0.15) is 17.1 Å². The summed E-state index contributed by atoms with van der Waals surface area (Å²) in [5.74, 6) is 0.718. The Morgan fingerprint density at radius 2 is 2.28 bits per heavy atom. The van der Waals surface area contributed by atoms with Gasteiger partial charge in [0.2, 0.25) is 0 Å². The Morgan fingerprint density at radius 1 is 1.44 bits per heavy atom. The summed E-state index contributed by atoms with van der Waals surface area (Å²) in [5, 5.41) is 10.7. The van der Waals surface area contributed by atoms with Gasteiger partial charge in [0.15, 0.2) is 0 Å².